The van der Waals surface area contributed by atoms with E-state index >= 15 is 0 Å². The number of alkyl halides is 6. The lowest BCUT2D eigenvalue weighted by molar-refractivity contribution is -0.138. The third-order valence-electron chi connectivity index (χ3n) is 3.41. The first-order valence-corrected chi connectivity index (χ1v) is 7.32. The molecule has 146 valence electrons. The van der Waals surface area contributed by atoms with E-state index in [-0.39, 0.29) is 23.0 Å². The molecule has 0 N–H and O–H groups in total. The molecule has 2 aromatic carbocycles. The number of rotatable bonds is 6. The van der Waals surface area contributed by atoms with Crippen molar-refractivity contribution in [2.24, 2.45) is 0 Å². The highest BCUT2D eigenvalue weighted by atomic mass is 19.4. The minimum Gasteiger partial charge on any atom is -0.526 e. The van der Waals surface area contributed by atoms with Crippen molar-refractivity contribution in [2.75, 3.05) is 14.2 Å². The lowest BCUT2D eigenvalue weighted by Gasteiger charge is -2.16. The van der Waals surface area contributed by atoms with Crippen LogP contribution in [-0.4, -0.2) is 21.9 Å². The maximum Gasteiger partial charge on any atom is 0.576 e. The lowest BCUT2D eigenvalue weighted by atomic mass is 10.1. The summed E-state index contributed by atoms with van der Waals surface area (Å²) < 4.78 is 96.8. The fourth-order valence-electron chi connectivity index (χ4n) is 2.09. The van der Waals surface area contributed by atoms with Crippen LogP contribution >= 0.6 is 0 Å². The molecule has 2 rings (SSSR count). The van der Waals surface area contributed by atoms with Crippen molar-refractivity contribution >= 4 is 7.69 Å². The number of hydrogen-bond donors (Lipinski definition) is 0. The van der Waals surface area contributed by atoms with E-state index in [9.17, 15) is 26.3 Å². The number of benzene rings is 2. The Morgan fingerprint density at radius 3 is 1.30 bits per heavy atom. The highest BCUT2D eigenvalue weighted by molar-refractivity contribution is 6.21. The quantitative estimate of drug-likeness (QED) is 0.536. The molecule has 27 heavy (non-hydrogen) atoms. The molecule has 0 saturated heterocycles. The lowest BCUT2D eigenvalue weighted by Crippen LogP contribution is -2.14. The van der Waals surface area contributed by atoms with Gasteiger partial charge in [0.25, 0.3) is 0 Å². The molecule has 0 bridgehead atoms. The van der Waals surface area contributed by atoms with Gasteiger partial charge in [-0.05, 0) is 36.4 Å². The fourth-order valence-corrected chi connectivity index (χ4v) is 2.09. The van der Waals surface area contributed by atoms with Crippen LogP contribution in [-0.2, 0) is 12.4 Å². The van der Waals surface area contributed by atoms with Crippen molar-refractivity contribution < 1.29 is 45.1 Å². The standard InChI is InChI=1S/C16H13BF6O4/c1-24-11-5-3-9(15(18,19)20)7-13(11)26-17-27-14-8-10(16(21,22)23)4-6-12(14)25-2/h3-8,17H,1-2H3. The summed E-state index contributed by atoms with van der Waals surface area (Å²) in [6.45, 7) is 0. The van der Waals surface area contributed by atoms with Gasteiger partial charge in [0.15, 0.2) is 11.5 Å². The minimum atomic E-state index is -4.60. The van der Waals surface area contributed by atoms with E-state index in [2.05, 4.69) is 0 Å². The Labute approximate surface area is 150 Å². The molecule has 0 aliphatic rings. The van der Waals surface area contributed by atoms with E-state index in [1.807, 2.05) is 0 Å². The first-order chi connectivity index (χ1) is 12.6. The summed E-state index contributed by atoms with van der Waals surface area (Å²) in [5.41, 5.74) is -1.95. The van der Waals surface area contributed by atoms with E-state index < -0.39 is 31.2 Å². The maximum atomic E-state index is 12.8. The van der Waals surface area contributed by atoms with Crippen LogP contribution in [0.4, 0.5) is 26.3 Å². The summed E-state index contributed by atoms with van der Waals surface area (Å²) in [6, 6.07) is 5.13. The molecule has 0 saturated carbocycles. The second kappa shape index (κ2) is 7.89. The van der Waals surface area contributed by atoms with Crippen LogP contribution in [0, 0.1) is 0 Å². The first kappa shape index (κ1) is 20.6. The summed E-state index contributed by atoms with van der Waals surface area (Å²) in [5, 5.41) is 0. The number of ether oxygens (including phenoxy) is 2. The molecule has 4 nitrogen and oxygen atoms in total. The Morgan fingerprint density at radius 1 is 0.630 bits per heavy atom. The zero-order valence-electron chi connectivity index (χ0n) is 14.1. The molecule has 2 aromatic rings. The van der Waals surface area contributed by atoms with Gasteiger partial charge in [-0.15, -0.1) is 0 Å². The molecule has 0 aliphatic carbocycles. The summed E-state index contributed by atoms with van der Waals surface area (Å²) in [6.07, 6.45) is -9.20. The molecule has 0 atom stereocenters. The van der Waals surface area contributed by atoms with Crippen LogP contribution in [0.1, 0.15) is 11.1 Å². The summed E-state index contributed by atoms with van der Waals surface area (Å²) in [7, 11) is 1.79. The Bertz CT molecular complexity index is 726. The fraction of sp³-hybridized carbons (Fsp3) is 0.250. The van der Waals surface area contributed by atoms with Crippen LogP contribution in [0.5, 0.6) is 23.0 Å². The van der Waals surface area contributed by atoms with Crippen LogP contribution in [0.3, 0.4) is 0 Å². The highest BCUT2D eigenvalue weighted by Crippen LogP contribution is 2.37. The smallest absolute Gasteiger partial charge is 0.526 e. The highest BCUT2D eigenvalue weighted by Gasteiger charge is 2.32. The molecule has 0 heterocycles. The van der Waals surface area contributed by atoms with E-state index in [4.69, 9.17) is 18.8 Å². The van der Waals surface area contributed by atoms with Crippen LogP contribution < -0.4 is 18.8 Å². The Hall–Kier alpha value is -2.72. The van der Waals surface area contributed by atoms with Crippen molar-refractivity contribution in [3.63, 3.8) is 0 Å². The van der Waals surface area contributed by atoms with Crippen molar-refractivity contribution in [2.45, 2.75) is 12.4 Å². The predicted molar refractivity (Wildman–Crippen MR) is 84.4 cm³/mol. The Kier molecular flexibility index (Phi) is 6.02. The predicted octanol–water partition coefficient (Wildman–Crippen LogP) is 4.47. The van der Waals surface area contributed by atoms with Gasteiger partial charge in [-0.1, -0.05) is 0 Å². The van der Waals surface area contributed by atoms with Crippen molar-refractivity contribution in [3.05, 3.63) is 47.5 Å². The molecule has 0 amide bonds. The summed E-state index contributed by atoms with van der Waals surface area (Å²) >= 11 is 0. The molecule has 0 unspecified atom stereocenters. The second-order valence-electron chi connectivity index (χ2n) is 5.13. The molecule has 0 aliphatic heterocycles. The van der Waals surface area contributed by atoms with E-state index in [1.54, 1.807) is 0 Å². The van der Waals surface area contributed by atoms with Gasteiger partial charge in [-0.2, -0.15) is 26.3 Å². The molecule has 0 fully saturated rings. The Balaban J connectivity index is 2.19. The normalized spacial score (nSPS) is 11.7. The van der Waals surface area contributed by atoms with Crippen LogP contribution in [0.2, 0.25) is 0 Å². The van der Waals surface area contributed by atoms with Gasteiger partial charge in [0, 0.05) is 0 Å². The zero-order chi connectivity index (χ0) is 20.2. The van der Waals surface area contributed by atoms with Gasteiger partial charge < -0.3 is 18.8 Å². The number of halogens is 6. The number of hydrogen-bond acceptors (Lipinski definition) is 4. The largest absolute Gasteiger partial charge is 0.576 e. The molecule has 0 radical (unpaired) electrons. The molecule has 0 spiro atoms. The van der Waals surface area contributed by atoms with Gasteiger partial charge in [-0.3, -0.25) is 0 Å². The van der Waals surface area contributed by atoms with Crippen LogP contribution in [0.25, 0.3) is 0 Å². The van der Waals surface area contributed by atoms with Gasteiger partial charge in [0.05, 0.1) is 25.3 Å². The first-order valence-electron chi connectivity index (χ1n) is 7.32. The number of methoxy groups -OCH3 is 2. The van der Waals surface area contributed by atoms with Crippen molar-refractivity contribution in [3.8, 4) is 23.0 Å². The van der Waals surface area contributed by atoms with Crippen LogP contribution in [0.15, 0.2) is 36.4 Å². The average molecular weight is 394 g/mol. The maximum absolute atomic E-state index is 12.8. The molecule has 11 heteroatoms. The SMILES string of the molecule is COc1ccc(C(F)(F)F)cc1OBOc1cc(C(F)(F)F)ccc1OC. The van der Waals surface area contributed by atoms with E-state index in [0.29, 0.717) is 12.1 Å². The topological polar surface area (TPSA) is 36.9 Å². The van der Waals surface area contributed by atoms with Gasteiger partial charge in [0.2, 0.25) is 0 Å². The Morgan fingerprint density at radius 2 is 1.00 bits per heavy atom. The zero-order valence-corrected chi connectivity index (χ0v) is 14.1. The average Bonchev–Trinajstić information content (AvgIpc) is 2.60. The third kappa shape index (κ3) is 5.14. The van der Waals surface area contributed by atoms with Gasteiger partial charge in [0.1, 0.15) is 11.5 Å². The van der Waals surface area contributed by atoms with E-state index in [0.717, 1.165) is 24.3 Å². The third-order valence-corrected chi connectivity index (χ3v) is 3.41. The monoisotopic (exact) mass is 394 g/mol. The van der Waals surface area contributed by atoms with Crippen molar-refractivity contribution in [1.82, 2.24) is 0 Å². The molecular weight excluding hydrogens is 381 g/mol. The summed E-state index contributed by atoms with van der Waals surface area (Å²) in [5.74, 6) is -0.554. The minimum absolute atomic E-state index is 0.00241. The second-order valence-corrected chi connectivity index (χ2v) is 5.13. The molecule has 0 aromatic heterocycles. The van der Waals surface area contributed by atoms with Gasteiger partial charge >= 0.3 is 20.0 Å². The van der Waals surface area contributed by atoms with Crippen molar-refractivity contribution in [1.29, 1.82) is 0 Å². The van der Waals surface area contributed by atoms with E-state index in [1.165, 1.54) is 14.2 Å². The van der Waals surface area contributed by atoms with Gasteiger partial charge in [-0.25, -0.2) is 0 Å². The summed E-state index contributed by atoms with van der Waals surface area (Å²) in [4.78, 5) is 0. The molecular formula is C16H13BF6O4.